The highest BCUT2D eigenvalue weighted by molar-refractivity contribution is 7.92. The first-order valence-electron chi connectivity index (χ1n) is 5.86. The summed E-state index contributed by atoms with van der Waals surface area (Å²) in [5.41, 5.74) is -0.223. The maximum Gasteiger partial charge on any atom is 0.488 e. The zero-order valence-corrected chi connectivity index (χ0v) is 11.5. The number of nitro groups is 1. The lowest BCUT2D eigenvalue weighted by Crippen LogP contribution is -2.30. The van der Waals surface area contributed by atoms with Crippen LogP contribution >= 0.6 is 0 Å². The summed E-state index contributed by atoms with van der Waals surface area (Å²) in [7, 11) is -1.85. The Kier molecular flexibility index (Phi) is 4.81. The average molecular weight is 306 g/mol. The minimum absolute atomic E-state index is 0.0586. The molecule has 108 valence electrons. The lowest BCUT2D eigenvalue weighted by atomic mass is 9.80. The van der Waals surface area contributed by atoms with E-state index in [4.69, 9.17) is 10.0 Å². The second kappa shape index (κ2) is 6.59. The van der Waals surface area contributed by atoms with Crippen molar-refractivity contribution in [2.24, 2.45) is 0 Å². The lowest BCUT2D eigenvalue weighted by molar-refractivity contribution is -0.384. The molecule has 1 unspecified atom stereocenters. The molecule has 2 aromatic rings. The molecule has 0 aromatic heterocycles. The SMILES string of the molecule is O=[N+]([O-])c1cc(N[S+]([O-])c2ccccc2)cc(B(O)O)c1. The Hall–Kier alpha value is -2.07. The van der Waals surface area contributed by atoms with E-state index in [1.165, 1.54) is 12.1 Å². The molecule has 1 atom stereocenters. The maximum atomic E-state index is 12.1. The third-order valence-corrected chi connectivity index (χ3v) is 3.74. The van der Waals surface area contributed by atoms with Gasteiger partial charge in [-0.1, -0.05) is 18.2 Å². The van der Waals surface area contributed by atoms with E-state index in [2.05, 4.69) is 4.72 Å². The summed E-state index contributed by atoms with van der Waals surface area (Å²) in [5, 5.41) is 29.1. The van der Waals surface area contributed by atoms with Gasteiger partial charge in [0.25, 0.3) is 5.69 Å². The fourth-order valence-corrected chi connectivity index (χ4v) is 2.51. The summed E-state index contributed by atoms with van der Waals surface area (Å²) in [6.45, 7) is 0. The number of anilines is 1. The second-order valence-electron chi connectivity index (χ2n) is 4.13. The number of nitrogens with zero attached hydrogens (tertiary/aromatic N) is 1. The molecule has 2 aromatic carbocycles. The van der Waals surface area contributed by atoms with Crippen LogP contribution in [0.1, 0.15) is 0 Å². The van der Waals surface area contributed by atoms with Crippen LogP contribution in [0, 0.1) is 10.1 Å². The third-order valence-electron chi connectivity index (χ3n) is 2.62. The Morgan fingerprint density at radius 3 is 2.38 bits per heavy atom. The summed E-state index contributed by atoms with van der Waals surface area (Å²) in [4.78, 5) is 10.7. The molecule has 9 heteroatoms. The number of nitrogens with one attached hydrogen (secondary N) is 1. The number of hydrogen-bond donors (Lipinski definition) is 3. The van der Waals surface area contributed by atoms with Crippen LogP contribution in [-0.2, 0) is 11.4 Å². The van der Waals surface area contributed by atoms with Crippen molar-refractivity contribution in [1.82, 2.24) is 0 Å². The van der Waals surface area contributed by atoms with Gasteiger partial charge >= 0.3 is 7.12 Å². The quantitative estimate of drug-likeness (QED) is 0.318. The molecule has 0 aliphatic heterocycles. The van der Waals surface area contributed by atoms with Gasteiger partial charge in [-0.3, -0.25) is 10.1 Å². The van der Waals surface area contributed by atoms with Crippen molar-refractivity contribution in [2.75, 3.05) is 4.72 Å². The van der Waals surface area contributed by atoms with E-state index in [0.717, 1.165) is 6.07 Å². The van der Waals surface area contributed by atoms with Crippen molar-refractivity contribution in [2.45, 2.75) is 4.90 Å². The molecule has 0 saturated carbocycles. The third kappa shape index (κ3) is 3.95. The van der Waals surface area contributed by atoms with E-state index in [0.29, 0.717) is 4.90 Å². The molecule has 0 heterocycles. The molecule has 0 aliphatic carbocycles. The van der Waals surface area contributed by atoms with Crippen molar-refractivity contribution in [3.63, 3.8) is 0 Å². The molecule has 0 bridgehead atoms. The number of rotatable bonds is 5. The monoisotopic (exact) mass is 306 g/mol. The molecule has 0 saturated heterocycles. The highest BCUT2D eigenvalue weighted by Crippen LogP contribution is 2.20. The van der Waals surface area contributed by atoms with Gasteiger partial charge in [0, 0.05) is 12.1 Å². The van der Waals surface area contributed by atoms with Crippen LogP contribution < -0.4 is 10.2 Å². The Bertz CT molecular complexity index is 641. The van der Waals surface area contributed by atoms with Crippen molar-refractivity contribution in [1.29, 1.82) is 0 Å². The molecule has 21 heavy (non-hydrogen) atoms. The first-order valence-corrected chi connectivity index (χ1v) is 7.01. The Labute approximate surface area is 123 Å². The van der Waals surface area contributed by atoms with Crippen molar-refractivity contribution in [3.05, 3.63) is 58.6 Å². The molecule has 2 rings (SSSR count). The summed E-state index contributed by atoms with van der Waals surface area (Å²) in [6.07, 6.45) is 0. The highest BCUT2D eigenvalue weighted by atomic mass is 32.2. The van der Waals surface area contributed by atoms with Crippen molar-refractivity contribution >= 4 is 35.3 Å². The fourth-order valence-electron chi connectivity index (χ4n) is 1.66. The first kappa shape index (κ1) is 15.3. The van der Waals surface area contributed by atoms with E-state index >= 15 is 0 Å². The van der Waals surface area contributed by atoms with Gasteiger partial charge in [0.1, 0.15) is 11.4 Å². The highest BCUT2D eigenvalue weighted by Gasteiger charge is 2.20. The zero-order chi connectivity index (χ0) is 15.4. The minimum atomic E-state index is -1.85. The predicted octanol–water partition coefficient (Wildman–Crippen LogP) is 0.409. The zero-order valence-electron chi connectivity index (χ0n) is 10.7. The summed E-state index contributed by atoms with van der Waals surface area (Å²) in [6, 6.07) is 12.0. The first-order chi connectivity index (χ1) is 9.97. The van der Waals surface area contributed by atoms with Crippen LogP contribution in [0.2, 0.25) is 0 Å². The maximum absolute atomic E-state index is 12.1. The molecule has 0 spiro atoms. The average Bonchev–Trinajstić information content (AvgIpc) is 2.47. The van der Waals surface area contributed by atoms with Gasteiger partial charge in [0.05, 0.1) is 10.6 Å². The Morgan fingerprint density at radius 1 is 1.14 bits per heavy atom. The normalized spacial score (nSPS) is 11.8. The molecule has 0 aliphatic rings. The number of non-ortho nitro benzene ring substituents is 1. The smallest absolute Gasteiger partial charge is 0.488 e. The van der Waals surface area contributed by atoms with Crippen LogP contribution in [0.25, 0.3) is 0 Å². The largest absolute Gasteiger partial charge is 0.588 e. The van der Waals surface area contributed by atoms with E-state index in [-0.39, 0.29) is 16.8 Å². The van der Waals surface area contributed by atoms with Gasteiger partial charge in [0.15, 0.2) is 4.90 Å². The molecule has 0 radical (unpaired) electrons. The molecule has 3 N–H and O–H groups in total. The number of benzene rings is 2. The van der Waals surface area contributed by atoms with Crippen LogP contribution in [0.4, 0.5) is 11.4 Å². The van der Waals surface area contributed by atoms with Crippen molar-refractivity contribution in [3.8, 4) is 0 Å². The van der Waals surface area contributed by atoms with E-state index < -0.39 is 23.4 Å². The van der Waals surface area contributed by atoms with Gasteiger partial charge in [-0.15, -0.1) is 0 Å². The van der Waals surface area contributed by atoms with Gasteiger partial charge in [-0.25, -0.2) is 4.72 Å². The van der Waals surface area contributed by atoms with Gasteiger partial charge in [-0.2, -0.15) is 0 Å². The summed E-state index contributed by atoms with van der Waals surface area (Å²) in [5.74, 6) is 0. The lowest BCUT2D eigenvalue weighted by Gasteiger charge is -2.12. The van der Waals surface area contributed by atoms with Gasteiger partial charge in [0.2, 0.25) is 0 Å². The predicted molar refractivity (Wildman–Crippen MR) is 79.4 cm³/mol. The molecule has 0 fully saturated rings. The van der Waals surface area contributed by atoms with E-state index in [1.54, 1.807) is 30.3 Å². The molecule has 0 amide bonds. The van der Waals surface area contributed by atoms with E-state index in [1.807, 2.05) is 0 Å². The van der Waals surface area contributed by atoms with Crippen LogP contribution in [0.3, 0.4) is 0 Å². The van der Waals surface area contributed by atoms with Crippen LogP contribution in [0.5, 0.6) is 0 Å². The Morgan fingerprint density at radius 2 is 1.81 bits per heavy atom. The Balaban J connectivity index is 2.29. The topological polar surface area (TPSA) is 119 Å². The van der Waals surface area contributed by atoms with Gasteiger partial charge in [-0.05, 0) is 23.7 Å². The fraction of sp³-hybridized carbons (Fsp3) is 0. The molecular weight excluding hydrogens is 295 g/mol. The summed E-state index contributed by atoms with van der Waals surface area (Å²) < 4.78 is 14.7. The number of hydrogen-bond acceptors (Lipinski definition) is 6. The standard InChI is InChI=1S/C12H11BN2O5S/c16-13(17)9-6-10(8-11(7-9)15(18)19)14-21(20)12-4-2-1-3-5-12/h1-8,14,16-17H. The van der Waals surface area contributed by atoms with Crippen LogP contribution in [-0.4, -0.2) is 26.6 Å². The molecular formula is C12H11BN2O5S. The number of nitro benzene ring substituents is 1. The van der Waals surface area contributed by atoms with E-state index in [9.17, 15) is 14.7 Å². The minimum Gasteiger partial charge on any atom is -0.588 e. The second-order valence-corrected chi connectivity index (χ2v) is 5.34. The van der Waals surface area contributed by atoms with Crippen LogP contribution in [0.15, 0.2) is 53.4 Å². The van der Waals surface area contributed by atoms with Crippen molar-refractivity contribution < 1.29 is 19.5 Å². The molecule has 7 nitrogen and oxygen atoms in total. The van der Waals surface area contributed by atoms with Gasteiger partial charge < -0.3 is 14.6 Å². The summed E-state index contributed by atoms with van der Waals surface area (Å²) >= 11 is -1.61.